The number of amides is 2. The van der Waals surface area contributed by atoms with Gasteiger partial charge in [0, 0.05) is 5.69 Å². The molecule has 0 aliphatic carbocycles. The fraction of sp³-hybridized carbons (Fsp3) is 0.632. The monoisotopic (exact) mass is 304 g/mol. The molecule has 0 bridgehead atoms. The highest BCUT2D eigenvalue weighted by atomic mass is 16.2. The van der Waals surface area contributed by atoms with Crippen molar-refractivity contribution in [1.82, 2.24) is 0 Å². The van der Waals surface area contributed by atoms with Gasteiger partial charge in [0.25, 0.3) is 0 Å². The first kappa shape index (κ1) is 18.5. The fourth-order valence-corrected chi connectivity index (χ4v) is 2.88. The maximum absolute atomic E-state index is 11.2. The van der Waals surface area contributed by atoms with Crippen LogP contribution < -0.4 is 11.1 Å². The molecule has 0 radical (unpaired) electrons. The standard InChI is InChI=1S/C19H32N2O/c1-3-5-7-9-12-16-13-11-15-18(21-19(20)22)17(16)14-10-8-6-4-2/h11,13,15H,3-10,12,14H2,1-2H3,(H3,20,21,22). The van der Waals surface area contributed by atoms with Gasteiger partial charge in [-0.2, -0.15) is 0 Å². The number of anilines is 1. The number of hydrogen-bond acceptors (Lipinski definition) is 1. The summed E-state index contributed by atoms with van der Waals surface area (Å²) in [4.78, 5) is 11.2. The number of primary amides is 1. The van der Waals surface area contributed by atoms with Crippen molar-refractivity contribution in [2.45, 2.75) is 78.1 Å². The maximum atomic E-state index is 11.2. The highest BCUT2D eigenvalue weighted by molar-refractivity contribution is 5.88. The van der Waals surface area contributed by atoms with Crippen molar-refractivity contribution in [3.05, 3.63) is 29.3 Å². The smallest absolute Gasteiger partial charge is 0.316 e. The van der Waals surface area contributed by atoms with E-state index < -0.39 is 6.03 Å². The highest BCUT2D eigenvalue weighted by Crippen LogP contribution is 2.24. The maximum Gasteiger partial charge on any atom is 0.316 e. The van der Waals surface area contributed by atoms with Gasteiger partial charge in [-0.25, -0.2) is 4.79 Å². The van der Waals surface area contributed by atoms with E-state index in [1.165, 1.54) is 62.5 Å². The van der Waals surface area contributed by atoms with E-state index in [1.54, 1.807) is 0 Å². The molecule has 0 heterocycles. The van der Waals surface area contributed by atoms with Crippen molar-refractivity contribution in [3.63, 3.8) is 0 Å². The minimum Gasteiger partial charge on any atom is -0.351 e. The van der Waals surface area contributed by atoms with Gasteiger partial charge in [0.2, 0.25) is 0 Å². The summed E-state index contributed by atoms with van der Waals surface area (Å²) in [5.74, 6) is 0. The minimum absolute atomic E-state index is 0.474. The van der Waals surface area contributed by atoms with Gasteiger partial charge in [-0.15, -0.1) is 0 Å². The summed E-state index contributed by atoms with van der Waals surface area (Å²) >= 11 is 0. The summed E-state index contributed by atoms with van der Waals surface area (Å²) in [7, 11) is 0. The highest BCUT2D eigenvalue weighted by Gasteiger charge is 2.09. The second kappa shape index (κ2) is 11.1. The summed E-state index contributed by atoms with van der Waals surface area (Å²) in [6, 6.07) is 5.72. The van der Waals surface area contributed by atoms with Crippen molar-refractivity contribution in [1.29, 1.82) is 0 Å². The summed E-state index contributed by atoms with van der Waals surface area (Å²) in [5, 5.41) is 2.80. The topological polar surface area (TPSA) is 55.1 Å². The molecule has 0 aliphatic heterocycles. The second-order valence-corrected chi connectivity index (χ2v) is 6.05. The molecule has 0 atom stereocenters. The molecular formula is C19H32N2O. The molecule has 0 saturated carbocycles. The molecule has 1 aromatic rings. The third-order valence-corrected chi connectivity index (χ3v) is 4.11. The second-order valence-electron chi connectivity index (χ2n) is 6.05. The number of rotatable bonds is 11. The van der Waals surface area contributed by atoms with Gasteiger partial charge in [0.1, 0.15) is 0 Å². The van der Waals surface area contributed by atoms with Crippen LogP contribution in [0.5, 0.6) is 0 Å². The molecule has 0 fully saturated rings. The number of unbranched alkanes of at least 4 members (excludes halogenated alkanes) is 6. The lowest BCUT2D eigenvalue weighted by molar-refractivity contribution is 0.259. The fourth-order valence-electron chi connectivity index (χ4n) is 2.88. The molecule has 22 heavy (non-hydrogen) atoms. The molecular weight excluding hydrogens is 272 g/mol. The number of carbonyl (C=O) groups is 1. The molecule has 0 saturated heterocycles. The van der Waals surface area contributed by atoms with Crippen molar-refractivity contribution < 1.29 is 4.79 Å². The van der Waals surface area contributed by atoms with E-state index in [0.29, 0.717) is 0 Å². The van der Waals surface area contributed by atoms with E-state index in [0.717, 1.165) is 18.5 Å². The van der Waals surface area contributed by atoms with Crippen LogP contribution >= 0.6 is 0 Å². The zero-order chi connectivity index (χ0) is 16.2. The summed E-state index contributed by atoms with van der Waals surface area (Å²) in [6.07, 6.45) is 12.1. The Kier molecular flexibility index (Phi) is 9.36. The molecule has 1 aromatic carbocycles. The van der Waals surface area contributed by atoms with E-state index in [-0.39, 0.29) is 0 Å². The molecule has 0 aromatic heterocycles. The zero-order valence-corrected chi connectivity index (χ0v) is 14.3. The van der Waals surface area contributed by atoms with E-state index >= 15 is 0 Å². The number of aryl methyl sites for hydroxylation is 1. The van der Waals surface area contributed by atoms with Gasteiger partial charge in [-0.1, -0.05) is 64.5 Å². The van der Waals surface area contributed by atoms with E-state index in [4.69, 9.17) is 5.73 Å². The van der Waals surface area contributed by atoms with E-state index in [1.807, 2.05) is 12.1 Å². The van der Waals surface area contributed by atoms with E-state index in [2.05, 4.69) is 25.2 Å². The van der Waals surface area contributed by atoms with Crippen LogP contribution in [0.3, 0.4) is 0 Å². The molecule has 2 amide bonds. The quantitative estimate of drug-likeness (QED) is 0.527. The Morgan fingerprint density at radius 3 is 2.18 bits per heavy atom. The van der Waals surface area contributed by atoms with Crippen molar-refractivity contribution in [3.8, 4) is 0 Å². The molecule has 0 spiro atoms. The van der Waals surface area contributed by atoms with Gasteiger partial charge >= 0.3 is 6.03 Å². The van der Waals surface area contributed by atoms with Crippen LogP contribution in [0.2, 0.25) is 0 Å². The molecule has 3 heteroatoms. The number of carbonyl (C=O) groups excluding carboxylic acids is 1. The number of nitrogens with one attached hydrogen (secondary N) is 1. The largest absolute Gasteiger partial charge is 0.351 e. The van der Waals surface area contributed by atoms with Crippen molar-refractivity contribution in [2.75, 3.05) is 5.32 Å². The van der Waals surface area contributed by atoms with Crippen LogP contribution in [-0.2, 0) is 12.8 Å². The van der Waals surface area contributed by atoms with Gasteiger partial charge in [-0.05, 0) is 42.9 Å². The Hall–Kier alpha value is -1.51. The number of nitrogens with two attached hydrogens (primary N) is 1. The predicted octanol–water partition coefficient (Wildman–Crippen LogP) is 5.42. The molecule has 1 rings (SSSR count). The predicted molar refractivity (Wildman–Crippen MR) is 95.3 cm³/mol. The first-order valence-corrected chi connectivity index (χ1v) is 8.86. The average molecular weight is 304 g/mol. The summed E-state index contributed by atoms with van der Waals surface area (Å²) in [5.41, 5.74) is 8.87. The van der Waals surface area contributed by atoms with Gasteiger partial charge in [0.15, 0.2) is 0 Å². The normalized spacial score (nSPS) is 10.6. The first-order chi connectivity index (χ1) is 10.7. The van der Waals surface area contributed by atoms with Crippen LogP contribution in [0, 0.1) is 0 Å². The lowest BCUT2D eigenvalue weighted by Crippen LogP contribution is -2.20. The van der Waals surface area contributed by atoms with Crippen LogP contribution in [0.1, 0.15) is 76.3 Å². The minimum atomic E-state index is -0.474. The van der Waals surface area contributed by atoms with E-state index in [9.17, 15) is 4.79 Å². The third kappa shape index (κ3) is 6.97. The first-order valence-electron chi connectivity index (χ1n) is 8.86. The number of hydrogen-bond donors (Lipinski definition) is 2. The SMILES string of the molecule is CCCCCCc1cccc(NC(N)=O)c1CCCCCC. The number of urea groups is 1. The third-order valence-electron chi connectivity index (χ3n) is 4.11. The lowest BCUT2D eigenvalue weighted by atomic mass is 9.95. The Morgan fingerprint density at radius 2 is 1.59 bits per heavy atom. The summed E-state index contributed by atoms with van der Waals surface area (Å²) in [6.45, 7) is 4.46. The lowest BCUT2D eigenvalue weighted by Gasteiger charge is -2.15. The Labute approximate surface area is 135 Å². The molecule has 3 nitrogen and oxygen atoms in total. The van der Waals surface area contributed by atoms with Crippen molar-refractivity contribution >= 4 is 11.7 Å². The van der Waals surface area contributed by atoms with Gasteiger partial charge in [-0.3, -0.25) is 0 Å². The summed E-state index contributed by atoms with van der Waals surface area (Å²) < 4.78 is 0. The average Bonchev–Trinajstić information content (AvgIpc) is 2.49. The van der Waals surface area contributed by atoms with Gasteiger partial charge in [0.05, 0.1) is 0 Å². The van der Waals surface area contributed by atoms with Crippen molar-refractivity contribution in [2.24, 2.45) is 5.73 Å². The van der Waals surface area contributed by atoms with Crippen LogP contribution in [0.4, 0.5) is 10.5 Å². The van der Waals surface area contributed by atoms with Crippen LogP contribution in [0.25, 0.3) is 0 Å². The zero-order valence-electron chi connectivity index (χ0n) is 14.3. The Morgan fingerprint density at radius 1 is 0.955 bits per heavy atom. The molecule has 0 unspecified atom stereocenters. The van der Waals surface area contributed by atoms with Gasteiger partial charge < -0.3 is 11.1 Å². The Bertz CT molecular complexity index is 443. The molecule has 3 N–H and O–H groups in total. The van der Waals surface area contributed by atoms with Crippen LogP contribution in [-0.4, -0.2) is 6.03 Å². The van der Waals surface area contributed by atoms with Crippen LogP contribution in [0.15, 0.2) is 18.2 Å². The number of benzene rings is 1. The molecule has 0 aliphatic rings. The Balaban J connectivity index is 2.75. The molecule has 124 valence electrons.